The third kappa shape index (κ3) is 5.36. The lowest BCUT2D eigenvalue weighted by molar-refractivity contribution is -0.123. The van der Waals surface area contributed by atoms with Crippen molar-refractivity contribution in [2.24, 2.45) is 0 Å². The largest absolute Gasteiger partial charge is 0.452 e. The number of rotatable bonds is 6. The van der Waals surface area contributed by atoms with E-state index >= 15 is 0 Å². The second-order valence-electron chi connectivity index (χ2n) is 4.80. The molecule has 3 N–H and O–H groups in total. The van der Waals surface area contributed by atoms with Crippen molar-refractivity contribution in [2.75, 3.05) is 19.0 Å². The minimum absolute atomic E-state index is 0.0466. The van der Waals surface area contributed by atoms with Gasteiger partial charge in [0.25, 0.3) is 5.91 Å². The fourth-order valence-corrected chi connectivity index (χ4v) is 1.79. The van der Waals surface area contributed by atoms with Crippen molar-refractivity contribution < 1.29 is 23.9 Å². The van der Waals surface area contributed by atoms with Gasteiger partial charge in [0.2, 0.25) is 5.91 Å². The summed E-state index contributed by atoms with van der Waals surface area (Å²) in [5.41, 5.74) is 0.243. The zero-order valence-electron chi connectivity index (χ0n) is 13.6. The summed E-state index contributed by atoms with van der Waals surface area (Å²) in [5.74, 6) is -2.09. The number of aromatic nitrogens is 4. The molecule has 0 bridgehead atoms. The minimum atomic E-state index is -0.838. The molecule has 1 heterocycles. The van der Waals surface area contributed by atoms with Gasteiger partial charge in [0.05, 0.1) is 11.3 Å². The molecule has 2 rings (SSSR count). The molecule has 4 amide bonds. The van der Waals surface area contributed by atoms with Crippen molar-refractivity contribution in [2.45, 2.75) is 6.54 Å². The summed E-state index contributed by atoms with van der Waals surface area (Å²) in [7, 11) is 1.34. The molecule has 0 aliphatic heterocycles. The molecular weight excluding hydrogens is 346 g/mol. The normalized spacial score (nSPS) is 9.88. The Bertz CT molecular complexity index is 806. The molecule has 0 saturated carbocycles. The molecule has 0 atom stereocenters. The number of nitrogens with one attached hydrogen (secondary N) is 3. The number of nitrogens with zero attached hydrogens (tertiary/aromatic N) is 4. The number of tetrazole rings is 1. The van der Waals surface area contributed by atoms with Crippen LogP contribution in [0.3, 0.4) is 0 Å². The van der Waals surface area contributed by atoms with Crippen LogP contribution in [0.25, 0.3) is 0 Å². The highest BCUT2D eigenvalue weighted by Crippen LogP contribution is 2.16. The number of ether oxygens (including phenoxy) is 1. The zero-order valence-corrected chi connectivity index (χ0v) is 13.6. The number of hydrogen-bond acceptors (Lipinski definition) is 8. The van der Waals surface area contributed by atoms with E-state index in [1.165, 1.54) is 30.2 Å². The Balaban J connectivity index is 1.96. The van der Waals surface area contributed by atoms with Crippen LogP contribution in [0.2, 0.25) is 0 Å². The molecule has 0 radical (unpaired) electrons. The summed E-state index contributed by atoms with van der Waals surface area (Å²) in [4.78, 5) is 46.6. The van der Waals surface area contributed by atoms with E-state index in [9.17, 15) is 19.2 Å². The van der Waals surface area contributed by atoms with Crippen LogP contribution in [0, 0.1) is 0 Å². The zero-order chi connectivity index (χ0) is 18.9. The molecule has 136 valence electrons. The van der Waals surface area contributed by atoms with Gasteiger partial charge in [0.1, 0.15) is 12.9 Å². The summed E-state index contributed by atoms with van der Waals surface area (Å²) >= 11 is 0. The van der Waals surface area contributed by atoms with Crippen LogP contribution in [-0.2, 0) is 20.9 Å². The average Bonchev–Trinajstić information content (AvgIpc) is 3.12. The van der Waals surface area contributed by atoms with E-state index in [0.29, 0.717) is 0 Å². The van der Waals surface area contributed by atoms with Crippen LogP contribution in [0.15, 0.2) is 30.6 Å². The van der Waals surface area contributed by atoms with Gasteiger partial charge in [-0.15, -0.1) is 5.10 Å². The van der Waals surface area contributed by atoms with Gasteiger partial charge in [-0.3, -0.25) is 14.9 Å². The van der Waals surface area contributed by atoms with Gasteiger partial charge in [-0.05, 0) is 22.6 Å². The van der Waals surface area contributed by atoms with Crippen molar-refractivity contribution >= 4 is 29.5 Å². The summed E-state index contributed by atoms with van der Waals surface area (Å²) in [6.07, 6.45) is 1.27. The van der Waals surface area contributed by atoms with E-state index < -0.39 is 30.4 Å². The highest BCUT2D eigenvalue weighted by atomic mass is 16.5. The topological polar surface area (TPSA) is 157 Å². The van der Waals surface area contributed by atoms with Crippen molar-refractivity contribution in [3.8, 4) is 0 Å². The second kappa shape index (κ2) is 8.86. The summed E-state index contributed by atoms with van der Waals surface area (Å²) in [6.45, 7) is -0.802. The molecule has 1 aromatic heterocycles. The number of amides is 4. The third-order valence-corrected chi connectivity index (χ3v) is 2.93. The highest BCUT2D eigenvalue weighted by molar-refractivity contribution is 6.02. The molecule has 0 aliphatic carbocycles. The molecule has 1 aromatic carbocycles. The first-order valence-corrected chi connectivity index (χ1v) is 7.28. The lowest BCUT2D eigenvalue weighted by atomic mass is 10.2. The van der Waals surface area contributed by atoms with Crippen LogP contribution in [0.1, 0.15) is 10.4 Å². The SMILES string of the molecule is CNC(=O)NC(=O)COC(=O)c1ccccc1NC(=O)Cn1cnnn1. The van der Waals surface area contributed by atoms with Gasteiger partial charge in [0, 0.05) is 7.05 Å². The number of hydrogen-bond donors (Lipinski definition) is 3. The summed E-state index contributed by atoms with van der Waals surface area (Å²) in [6, 6.07) is 5.38. The Kier molecular flexibility index (Phi) is 6.31. The fraction of sp³-hybridized carbons (Fsp3) is 0.214. The number of imide groups is 1. The van der Waals surface area contributed by atoms with Gasteiger partial charge in [0.15, 0.2) is 6.61 Å². The Labute approximate surface area is 146 Å². The molecule has 0 fully saturated rings. The maximum atomic E-state index is 12.1. The molecular formula is C14H15N7O5. The Morgan fingerprint density at radius 3 is 2.62 bits per heavy atom. The van der Waals surface area contributed by atoms with Crippen LogP contribution in [0.4, 0.5) is 10.5 Å². The van der Waals surface area contributed by atoms with Crippen molar-refractivity contribution in [1.29, 1.82) is 0 Å². The van der Waals surface area contributed by atoms with Gasteiger partial charge in [-0.1, -0.05) is 12.1 Å². The number of anilines is 1. The van der Waals surface area contributed by atoms with Crippen LogP contribution in [0.5, 0.6) is 0 Å². The maximum absolute atomic E-state index is 12.1. The van der Waals surface area contributed by atoms with Crippen LogP contribution < -0.4 is 16.0 Å². The van der Waals surface area contributed by atoms with E-state index in [2.05, 4.69) is 26.2 Å². The number of carbonyl (C=O) groups is 4. The smallest absolute Gasteiger partial charge is 0.340 e. The second-order valence-corrected chi connectivity index (χ2v) is 4.80. The molecule has 0 unspecified atom stereocenters. The molecule has 2 aromatic rings. The number of carbonyl (C=O) groups excluding carboxylic acids is 4. The van der Waals surface area contributed by atoms with Gasteiger partial charge in [-0.2, -0.15) is 0 Å². The third-order valence-electron chi connectivity index (χ3n) is 2.93. The first-order valence-electron chi connectivity index (χ1n) is 7.28. The first kappa shape index (κ1) is 18.5. The summed E-state index contributed by atoms with van der Waals surface area (Å²) in [5, 5.41) is 17.1. The van der Waals surface area contributed by atoms with Gasteiger partial charge in [-0.25, -0.2) is 14.3 Å². The number of para-hydroxylation sites is 1. The van der Waals surface area contributed by atoms with E-state index in [4.69, 9.17) is 4.74 Å². The number of benzene rings is 1. The maximum Gasteiger partial charge on any atom is 0.340 e. The minimum Gasteiger partial charge on any atom is -0.452 e. The summed E-state index contributed by atoms with van der Waals surface area (Å²) < 4.78 is 6.05. The van der Waals surface area contributed by atoms with Gasteiger partial charge < -0.3 is 15.4 Å². The predicted molar refractivity (Wildman–Crippen MR) is 85.8 cm³/mol. The standard InChI is InChI=1S/C14H15N7O5/c1-15-14(25)18-12(23)7-26-13(24)9-4-2-3-5-10(9)17-11(22)6-21-8-16-19-20-21/h2-5,8H,6-7H2,1H3,(H,17,22)(H2,15,18,23,25). The molecule has 0 spiro atoms. The molecule has 26 heavy (non-hydrogen) atoms. The van der Waals surface area contributed by atoms with Crippen molar-refractivity contribution in [1.82, 2.24) is 30.8 Å². The van der Waals surface area contributed by atoms with Crippen LogP contribution >= 0.6 is 0 Å². The van der Waals surface area contributed by atoms with Gasteiger partial charge >= 0.3 is 12.0 Å². The number of esters is 1. The predicted octanol–water partition coefficient (Wildman–Crippen LogP) is -1.08. The lowest BCUT2D eigenvalue weighted by Crippen LogP contribution is -2.39. The molecule has 12 heteroatoms. The van der Waals surface area contributed by atoms with E-state index in [0.717, 1.165) is 0 Å². The Morgan fingerprint density at radius 2 is 1.92 bits per heavy atom. The quantitative estimate of drug-likeness (QED) is 0.549. The fourth-order valence-electron chi connectivity index (χ4n) is 1.79. The van der Waals surface area contributed by atoms with E-state index in [1.54, 1.807) is 12.1 Å². The lowest BCUT2D eigenvalue weighted by Gasteiger charge is -2.10. The molecule has 0 saturated heterocycles. The van der Waals surface area contributed by atoms with Crippen molar-refractivity contribution in [3.05, 3.63) is 36.2 Å². The van der Waals surface area contributed by atoms with Crippen LogP contribution in [-0.4, -0.2) is 57.7 Å². The average molecular weight is 361 g/mol. The Hall–Kier alpha value is -3.83. The molecule has 12 nitrogen and oxygen atoms in total. The Morgan fingerprint density at radius 1 is 1.15 bits per heavy atom. The van der Waals surface area contributed by atoms with E-state index in [-0.39, 0.29) is 17.8 Å². The van der Waals surface area contributed by atoms with Crippen molar-refractivity contribution in [3.63, 3.8) is 0 Å². The van der Waals surface area contributed by atoms with E-state index in [1.807, 2.05) is 5.32 Å². The molecule has 0 aliphatic rings. The first-order chi connectivity index (χ1) is 12.5. The number of urea groups is 1. The highest BCUT2D eigenvalue weighted by Gasteiger charge is 2.16. The monoisotopic (exact) mass is 361 g/mol.